The molecule has 1 aliphatic rings. The Labute approximate surface area is 146 Å². The number of amides is 1. The summed E-state index contributed by atoms with van der Waals surface area (Å²) in [6, 6.07) is 7.49. The van der Waals surface area contributed by atoms with Gasteiger partial charge in [0.25, 0.3) is 5.91 Å². The van der Waals surface area contributed by atoms with Crippen LogP contribution in [0, 0.1) is 5.92 Å². The third-order valence-electron chi connectivity index (χ3n) is 4.40. The van der Waals surface area contributed by atoms with Crippen molar-refractivity contribution in [2.45, 2.75) is 38.5 Å². The molecule has 0 aliphatic heterocycles. The fraction of sp³-hybridized carbons (Fsp3) is 0.389. The molecule has 5 nitrogen and oxygen atoms in total. The molecule has 126 valence electrons. The Bertz CT molecular complexity index is 747. The van der Waals surface area contributed by atoms with Crippen molar-refractivity contribution in [3.8, 4) is 0 Å². The first-order chi connectivity index (χ1) is 11.6. The number of aromatic nitrogens is 2. The van der Waals surface area contributed by atoms with Gasteiger partial charge in [0, 0.05) is 17.7 Å². The molecule has 0 radical (unpaired) electrons. The average molecular weight is 345 g/mol. The van der Waals surface area contributed by atoms with E-state index in [0.29, 0.717) is 34.4 Å². The monoisotopic (exact) mass is 344 g/mol. The molecular formula is C18H21ClN4O. The lowest BCUT2D eigenvalue weighted by Gasteiger charge is -2.16. The molecule has 1 saturated carbocycles. The number of nitrogens with two attached hydrogens (primary N) is 1. The molecule has 0 bridgehead atoms. The number of aromatic amines is 1. The van der Waals surface area contributed by atoms with Crippen molar-refractivity contribution in [1.82, 2.24) is 10.2 Å². The van der Waals surface area contributed by atoms with E-state index in [1.807, 2.05) is 30.5 Å². The van der Waals surface area contributed by atoms with Crippen molar-refractivity contribution >= 4 is 29.5 Å². The highest BCUT2D eigenvalue weighted by Gasteiger charge is 2.19. The predicted molar refractivity (Wildman–Crippen MR) is 96.1 cm³/mol. The molecule has 1 fully saturated rings. The number of carbonyl (C=O) groups excluding carboxylic acids is 1. The molecule has 0 spiro atoms. The number of rotatable bonds is 5. The molecule has 1 aromatic carbocycles. The third-order valence-corrected chi connectivity index (χ3v) is 4.63. The Morgan fingerprint density at radius 2 is 2.17 bits per heavy atom. The second-order valence-corrected chi connectivity index (χ2v) is 6.68. The number of aliphatic imine (C=N–C) groups is 1. The van der Waals surface area contributed by atoms with Crippen LogP contribution in [-0.2, 0) is 6.42 Å². The summed E-state index contributed by atoms with van der Waals surface area (Å²) in [5.74, 6) is 0.328. The second kappa shape index (κ2) is 7.62. The van der Waals surface area contributed by atoms with Gasteiger partial charge in [-0.15, -0.1) is 0 Å². The summed E-state index contributed by atoms with van der Waals surface area (Å²) in [5, 5.41) is 7.74. The van der Waals surface area contributed by atoms with Gasteiger partial charge >= 0.3 is 0 Å². The molecule has 6 heteroatoms. The molecule has 0 saturated heterocycles. The van der Waals surface area contributed by atoms with Crippen molar-refractivity contribution in [2.24, 2.45) is 16.6 Å². The maximum absolute atomic E-state index is 11.9. The van der Waals surface area contributed by atoms with Gasteiger partial charge in [0.2, 0.25) is 0 Å². The molecule has 24 heavy (non-hydrogen) atoms. The van der Waals surface area contributed by atoms with Gasteiger partial charge in [0.1, 0.15) is 5.56 Å². The minimum Gasteiger partial charge on any atom is -0.365 e. The number of hydrogen-bond acceptors (Lipinski definition) is 3. The van der Waals surface area contributed by atoms with E-state index in [1.165, 1.54) is 19.3 Å². The van der Waals surface area contributed by atoms with Gasteiger partial charge in [-0.25, -0.2) is 4.99 Å². The molecular weight excluding hydrogens is 324 g/mol. The van der Waals surface area contributed by atoms with Crippen LogP contribution < -0.4 is 5.73 Å². The van der Waals surface area contributed by atoms with Crippen LogP contribution in [-0.4, -0.2) is 22.3 Å². The summed E-state index contributed by atoms with van der Waals surface area (Å²) >= 11 is 6.01. The maximum Gasteiger partial charge on any atom is 0.254 e. The van der Waals surface area contributed by atoms with E-state index in [1.54, 1.807) is 0 Å². The van der Waals surface area contributed by atoms with Crippen LogP contribution >= 0.6 is 11.6 Å². The number of carbonyl (C=O) groups is 1. The van der Waals surface area contributed by atoms with Gasteiger partial charge in [-0.1, -0.05) is 43.0 Å². The number of H-pyrrole nitrogens is 1. The molecule has 1 aliphatic carbocycles. The molecule has 1 amide bonds. The van der Waals surface area contributed by atoms with Crippen LogP contribution in [0.25, 0.3) is 0 Å². The normalized spacial score (nSPS) is 15.9. The van der Waals surface area contributed by atoms with Crippen molar-refractivity contribution in [3.63, 3.8) is 0 Å². The smallest absolute Gasteiger partial charge is 0.254 e. The van der Waals surface area contributed by atoms with E-state index < -0.39 is 5.91 Å². The lowest BCUT2D eigenvalue weighted by atomic mass is 9.90. The lowest BCUT2D eigenvalue weighted by molar-refractivity contribution is 0.100. The number of hydrogen-bond donors (Lipinski definition) is 2. The number of halogens is 1. The maximum atomic E-state index is 11.9. The predicted octanol–water partition coefficient (Wildman–Crippen LogP) is 4.04. The van der Waals surface area contributed by atoms with Gasteiger partial charge < -0.3 is 5.73 Å². The van der Waals surface area contributed by atoms with Crippen molar-refractivity contribution in [2.75, 3.05) is 0 Å². The summed E-state index contributed by atoms with van der Waals surface area (Å²) in [6.45, 7) is 0. The first-order valence-electron chi connectivity index (χ1n) is 8.29. The topological polar surface area (TPSA) is 84.1 Å². The summed E-state index contributed by atoms with van der Waals surface area (Å²) in [4.78, 5) is 16.3. The third kappa shape index (κ3) is 4.03. The summed E-state index contributed by atoms with van der Waals surface area (Å²) < 4.78 is 0. The molecule has 1 heterocycles. The van der Waals surface area contributed by atoms with Crippen LogP contribution in [0.15, 0.2) is 29.3 Å². The van der Waals surface area contributed by atoms with E-state index >= 15 is 0 Å². The zero-order chi connectivity index (χ0) is 16.9. The molecule has 3 rings (SSSR count). The Kier molecular flexibility index (Phi) is 5.30. The van der Waals surface area contributed by atoms with Gasteiger partial charge in [-0.3, -0.25) is 9.89 Å². The molecule has 2 aromatic rings. The van der Waals surface area contributed by atoms with Crippen molar-refractivity contribution in [1.29, 1.82) is 0 Å². The van der Waals surface area contributed by atoms with E-state index in [4.69, 9.17) is 17.3 Å². The minimum atomic E-state index is -0.517. The highest BCUT2D eigenvalue weighted by molar-refractivity contribution is 6.30. The average Bonchev–Trinajstić information content (AvgIpc) is 2.97. The highest BCUT2D eigenvalue weighted by atomic mass is 35.5. The fourth-order valence-corrected chi connectivity index (χ4v) is 3.37. The van der Waals surface area contributed by atoms with Gasteiger partial charge in [-0.2, -0.15) is 5.10 Å². The van der Waals surface area contributed by atoms with E-state index in [9.17, 15) is 4.79 Å². The summed E-state index contributed by atoms with van der Waals surface area (Å²) in [5.41, 5.74) is 7.57. The largest absolute Gasteiger partial charge is 0.365 e. The Morgan fingerprint density at radius 1 is 1.38 bits per heavy atom. The van der Waals surface area contributed by atoms with Gasteiger partial charge in [-0.05, 0) is 36.5 Å². The van der Waals surface area contributed by atoms with Crippen LogP contribution in [0.1, 0.15) is 53.7 Å². The molecule has 1 aromatic heterocycles. The lowest BCUT2D eigenvalue weighted by Crippen LogP contribution is -2.13. The van der Waals surface area contributed by atoms with Crippen LogP contribution in [0.3, 0.4) is 0 Å². The number of nitrogens with zero attached hydrogens (tertiary/aromatic N) is 2. The second-order valence-electron chi connectivity index (χ2n) is 6.25. The molecule has 0 unspecified atom stereocenters. The first-order valence-corrected chi connectivity index (χ1v) is 8.67. The SMILES string of the molecule is NC(=O)c1c(N=CC2CCCCC2)n[nH]c1Cc1cccc(Cl)c1. The van der Waals surface area contributed by atoms with Crippen molar-refractivity contribution < 1.29 is 4.79 Å². The van der Waals surface area contributed by atoms with Gasteiger partial charge in [0.05, 0.1) is 5.69 Å². The Balaban J connectivity index is 1.82. The first kappa shape index (κ1) is 16.7. The van der Waals surface area contributed by atoms with E-state index in [2.05, 4.69) is 15.2 Å². The number of nitrogens with one attached hydrogen (secondary N) is 1. The zero-order valence-electron chi connectivity index (χ0n) is 13.5. The van der Waals surface area contributed by atoms with Crippen LogP contribution in [0.2, 0.25) is 5.02 Å². The van der Waals surface area contributed by atoms with Crippen LogP contribution in [0.4, 0.5) is 5.82 Å². The zero-order valence-corrected chi connectivity index (χ0v) is 14.2. The number of benzene rings is 1. The molecule has 0 atom stereocenters. The highest BCUT2D eigenvalue weighted by Crippen LogP contribution is 2.25. The fourth-order valence-electron chi connectivity index (χ4n) is 3.16. The Morgan fingerprint density at radius 3 is 2.88 bits per heavy atom. The number of primary amides is 1. The standard InChI is InChI=1S/C18H21ClN4O/c19-14-8-4-7-13(9-14)10-15-16(17(20)24)18(23-22-15)21-11-12-5-2-1-3-6-12/h4,7-9,11-12H,1-3,5-6,10H2,(H2,20,24)(H,22,23). The van der Waals surface area contributed by atoms with Crippen LogP contribution in [0.5, 0.6) is 0 Å². The van der Waals surface area contributed by atoms with Gasteiger partial charge in [0.15, 0.2) is 5.82 Å². The summed E-state index contributed by atoms with van der Waals surface area (Å²) in [7, 11) is 0. The van der Waals surface area contributed by atoms with Crippen molar-refractivity contribution in [3.05, 3.63) is 46.1 Å². The van der Waals surface area contributed by atoms with E-state index in [0.717, 1.165) is 18.4 Å². The van der Waals surface area contributed by atoms with E-state index in [-0.39, 0.29) is 0 Å². The summed E-state index contributed by atoms with van der Waals surface area (Å²) in [6.07, 6.45) is 8.49. The molecule has 3 N–H and O–H groups in total. The quantitative estimate of drug-likeness (QED) is 0.802. The minimum absolute atomic E-state index is 0.363. The Hall–Kier alpha value is -2.14.